The number of unbranched alkanes of at least 4 members (excludes halogenated alkanes) is 6. The van der Waals surface area contributed by atoms with E-state index in [9.17, 15) is 0 Å². The molecular formula is C20H36O3. The Labute approximate surface area is 142 Å². The molecule has 2 rings (SSSR count). The molecule has 0 N–H and O–H groups in total. The Bertz CT molecular complexity index is 342. The fourth-order valence-electron chi connectivity index (χ4n) is 3.41. The number of methoxy groups -OCH3 is 1. The summed E-state index contributed by atoms with van der Waals surface area (Å²) in [7, 11) is 1.70. The van der Waals surface area contributed by atoms with E-state index in [1.165, 1.54) is 64.2 Å². The molecule has 3 heteroatoms. The highest BCUT2D eigenvalue weighted by atomic mass is 16.6. The molecule has 0 aromatic heterocycles. The molecule has 2 aliphatic rings. The van der Waals surface area contributed by atoms with E-state index in [4.69, 9.17) is 14.2 Å². The van der Waals surface area contributed by atoms with Gasteiger partial charge in [0.2, 0.25) is 0 Å². The molecule has 2 aliphatic heterocycles. The van der Waals surface area contributed by atoms with E-state index in [1.54, 1.807) is 7.11 Å². The summed E-state index contributed by atoms with van der Waals surface area (Å²) in [4.78, 5) is 0. The monoisotopic (exact) mass is 324 g/mol. The molecule has 0 aliphatic carbocycles. The van der Waals surface area contributed by atoms with Crippen molar-refractivity contribution in [3.05, 3.63) is 12.3 Å². The zero-order valence-electron chi connectivity index (χ0n) is 15.2. The van der Waals surface area contributed by atoms with Crippen molar-refractivity contribution in [2.45, 2.75) is 108 Å². The average Bonchev–Trinajstić information content (AvgIpc) is 3.46. The molecule has 4 atom stereocenters. The predicted octanol–water partition coefficient (Wildman–Crippen LogP) is 5.38. The maximum absolute atomic E-state index is 5.81. The molecule has 0 radical (unpaired) electrons. The first-order valence-corrected chi connectivity index (χ1v) is 9.77. The van der Waals surface area contributed by atoms with Crippen LogP contribution in [0.15, 0.2) is 12.3 Å². The lowest BCUT2D eigenvalue weighted by Gasteiger charge is -2.03. The lowest BCUT2D eigenvalue weighted by molar-refractivity contribution is 0.276. The van der Waals surface area contributed by atoms with Crippen LogP contribution in [0.2, 0.25) is 0 Å². The summed E-state index contributed by atoms with van der Waals surface area (Å²) >= 11 is 0. The zero-order valence-corrected chi connectivity index (χ0v) is 15.2. The van der Waals surface area contributed by atoms with Crippen LogP contribution in [-0.4, -0.2) is 31.5 Å². The summed E-state index contributed by atoms with van der Waals surface area (Å²) in [5.41, 5.74) is 0. The molecule has 0 spiro atoms. The second kappa shape index (κ2) is 10.4. The molecular weight excluding hydrogens is 288 g/mol. The lowest BCUT2D eigenvalue weighted by atomic mass is 10.0. The zero-order chi connectivity index (χ0) is 16.5. The molecule has 2 fully saturated rings. The fraction of sp³-hybridized carbons (Fsp3) is 0.900. The number of ether oxygens (including phenoxy) is 3. The van der Waals surface area contributed by atoms with Crippen LogP contribution in [0.4, 0.5) is 0 Å². The summed E-state index contributed by atoms with van der Waals surface area (Å²) < 4.78 is 16.7. The first-order valence-electron chi connectivity index (χ1n) is 9.77. The van der Waals surface area contributed by atoms with Gasteiger partial charge in [-0.05, 0) is 19.3 Å². The van der Waals surface area contributed by atoms with Crippen molar-refractivity contribution in [3.8, 4) is 0 Å². The van der Waals surface area contributed by atoms with E-state index in [0.717, 1.165) is 18.6 Å². The maximum Gasteiger partial charge on any atom is 0.0883 e. The molecule has 3 nitrogen and oxygen atoms in total. The van der Waals surface area contributed by atoms with Gasteiger partial charge in [0, 0.05) is 12.8 Å². The van der Waals surface area contributed by atoms with Gasteiger partial charge < -0.3 is 14.2 Å². The Morgan fingerprint density at radius 3 is 2.00 bits per heavy atom. The third-order valence-electron chi connectivity index (χ3n) is 5.17. The quantitative estimate of drug-likeness (QED) is 0.230. The van der Waals surface area contributed by atoms with E-state index in [0.29, 0.717) is 24.4 Å². The number of allylic oxidation sites excluding steroid dienone is 1. The van der Waals surface area contributed by atoms with Crippen LogP contribution in [-0.2, 0) is 14.2 Å². The average molecular weight is 325 g/mol. The van der Waals surface area contributed by atoms with Gasteiger partial charge in [-0.3, -0.25) is 0 Å². The Balaban J connectivity index is 1.35. The first kappa shape index (κ1) is 18.8. The molecule has 0 amide bonds. The SMILES string of the molecule is C=C(CCCCCCCC1OC1CC1OC1CCCCC)OC. The minimum atomic E-state index is 0.501. The van der Waals surface area contributed by atoms with Crippen molar-refractivity contribution in [1.82, 2.24) is 0 Å². The van der Waals surface area contributed by atoms with Gasteiger partial charge in [-0.15, -0.1) is 0 Å². The Hall–Kier alpha value is -0.540. The van der Waals surface area contributed by atoms with Crippen LogP contribution in [0.25, 0.3) is 0 Å². The lowest BCUT2D eigenvalue weighted by Crippen LogP contribution is -2.02. The van der Waals surface area contributed by atoms with Crippen LogP contribution in [0.3, 0.4) is 0 Å². The van der Waals surface area contributed by atoms with Crippen LogP contribution in [0.1, 0.15) is 84.0 Å². The normalized spacial score (nSPS) is 28.6. The minimum Gasteiger partial charge on any atom is -0.502 e. The number of hydrogen-bond acceptors (Lipinski definition) is 3. The predicted molar refractivity (Wildman–Crippen MR) is 94.5 cm³/mol. The van der Waals surface area contributed by atoms with Gasteiger partial charge in [-0.1, -0.05) is 58.4 Å². The van der Waals surface area contributed by atoms with Crippen LogP contribution >= 0.6 is 0 Å². The molecule has 23 heavy (non-hydrogen) atoms. The molecule has 0 aromatic rings. The highest BCUT2D eigenvalue weighted by molar-refractivity contribution is 4.94. The molecule has 2 saturated heterocycles. The second-order valence-electron chi connectivity index (χ2n) is 7.21. The highest BCUT2D eigenvalue weighted by Crippen LogP contribution is 2.39. The third-order valence-corrected chi connectivity index (χ3v) is 5.17. The topological polar surface area (TPSA) is 34.3 Å². The van der Waals surface area contributed by atoms with Crippen molar-refractivity contribution < 1.29 is 14.2 Å². The fourth-order valence-corrected chi connectivity index (χ4v) is 3.41. The molecule has 0 aromatic carbocycles. The molecule has 4 unspecified atom stereocenters. The second-order valence-corrected chi connectivity index (χ2v) is 7.21. The van der Waals surface area contributed by atoms with Gasteiger partial charge in [-0.25, -0.2) is 0 Å². The van der Waals surface area contributed by atoms with E-state index in [2.05, 4.69) is 13.5 Å². The maximum atomic E-state index is 5.81. The first-order chi connectivity index (χ1) is 11.2. The Morgan fingerprint density at radius 2 is 1.39 bits per heavy atom. The van der Waals surface area contributed by atoms with E-state index in [1.807, 2.05) is 0 Å². The van der Waals surface area contributed by atoms with Crippen molar-refractivity contribution in [3.63, 3.8) is 0 Å². The van der Waals surface area contributed by atoms with E-state index < -0.39 is 0 Å². The van der Waals surface area contributed by atoms with Crippen LogP contribution in [0, 0.1) is 0 Å². The van der Waals surface area contributed by atoms with Crippen LogP contribution in [0.5, 0.6) is 0 Å². The molecule has 134 valence electrons. The summed E-state index contributed by atoms with van der Waals surface area (Å²) in [6.45, 7) is 6.11. The largest absolute Gasteiger partial charge is 0.502 e. The van der Waals surface area contributed by atoms with Gasteiger partial charge in [0.1, 0.15) is 0 Å². The van der Waals surface area contributed by atoms with E-state index in [-0.39, 0.29) is 0 Å². The summed E-state index contributed by atoms with van der Waals surface area (Å²) in [5, 5.41) is 0. The van der Waals surface area contributed by atoms with Crippen molar-refractivity contribution >= 4 is 0 Å². The smallest absolute Gasteiger partial charge is 0.0883 e. The number of rotatable bonds is 15. The van der Waals surface area contributed by atoms with Gasteiger partial charge in [0.15, 0.2) is 0 Å². The third kappa shape index (κ3) is 7.71. The van der Waals surface area contributed by atoms with Gasteiger partial charge in [-0.2, -0.15) is 0 Å². The van der Waals surface area contributed by atoms with Crippen molar-refractivity contribution in [1.29, 1.82) is 0 Å². The van der Waals surface area contributed by atoms with Gasteiger partial charge in [0.25, 0.3) is 0 Å². The molecule has 0 saturated carbocycles. The van der Waals surface area contributed by atoms with Crippen LogP contribution < -0.4 is 0 Å². The summed E-state index contributed by atoms with van der Waals surface area (Å²) in [6, 6.07) is 0. The highest BCUT2D eigenvalue weighted by Gasteiger charge is 2.47. The molecule has 0 bridgehead atoms. The standard InChI is InChI=1S/C20H36O3/c1-4-5-9-13-17-19(22-17)15-20-18(23-20)14-11-8-6-7-10-12-16(2)21-3/h17-20H,2,4-15H2,1,3H3. The molecule has 2 heterocycles. The van der Waals surface area contributed by atoms with E-state index >= 15 is 0 Å². The van der Waals surface area contributed by atoms with Gasteiger partial charge in [0.05, 0.1) is 37.3 Å². The Morgan fingerprint density at radius 1 is 0.826 bits per heavy atom. The van der Waals surface area contributed by atoms with Crippen molar-refractivity contribution in [2.75, 3.05) is 7.11 Å². The minimum absolute atomic E-state index is 0.501. The Kier molecular flexibility index (Phi) is 8.46. The van der Waals surface area contributed by atoms with Crippen molar-refractivity contribution in [2.24, 2.45) is 0 Å². The number of hydrogen-bond donors (Lipinski definition) is 0. The number of epoxide rings is 2. The van der Waals surface area contributed by atoms with Gasteiger partial charge >= 0.3 is 0 Å². The summed E-state index contributed by atoms with van der Waals surface area (Å²) in [6.07, 6.45) is 17.1. The summed E-state index contributed by atoms with van der Waals surface area (Å²) in [5.74, 6) is 0.912.